The number of carbonyl (C=O) groups is 4. The van der Waals surface area contributed by atoms with Crippen LogP contribution >= 0.6 is 0 Å². The van der Waals surface area contributed by atoms with Gasteiger partial charge in [-0.3, -0.25) is 19.2 Å². The second kappa shape index (κ2) is 41.9. The van der Waals surface area contributed by atoms with Crippen molar-refractivity contribution in [3.63, 3.8) is 0 Å². The van der Waals surface area contributed by atoms with E-state index in [2.05, 4.69) is 27.7 Å². The zero-order valence-corrected chi connectivity index (χ0v) is 26.5. The summed E-state index contributed by atoms with van der Waals surface area (Å²) < 4.78 is 0. The Morgan fingerprint density at radius 3 is 0.622 bits per heavy atom. The second-order valence-electron chi connectivity index (χ2n) is 8.82. The van der Waals surface area contributed by atoms with Gasteiger partial charge in [-0.15, -0.1) is 0 Å². The predicted molar refractivity (Wildman–Crippen MR) is 146 cm³/mol. The van der Waals surface area contributed by atoms with Gasteiger partial charge in [0, 0.05) is 51.9 Å². The molecule has 4 N–H and O–H groups in total. The van der Waals surface area contributed by atoms with Gasteiger partial charge in [0.05, 0.1) is 0 Å². The van der Waals surface area contributed by atoms with E-state index in [4.69, 9.17) is 20.4 Å². The zero-order valence-electron chi connectivity index (χ0n) is 24.1. The van der Waals surface area contributed by atoms with E-state index in [0.29, 0.717) is 25.7 Å². The van der Waals surface area contributed by atoms with Crippen LogP contribution in [0.15, 0.2) is 0 Å². The maximum atomic E-state index is 9.96. The van der Waals surface area contributed by atoms with Crippen LogP contribution in [0.1, 0.15) is 156 Å². The summed E-state index contributed by atoms with van der Waals surface area (Å²) in [5, 5.41) is 32.9. The monoisotopic (exact) mass is 610 g/mol. The average molecular weight is 612 g/mol. The van der Waals surface area contributed by atoms with Crippen molar-refractivity contribution in [1.82, 2.24) is 0 Å². The van der Waals surface area contributed by atoms with Gasteiger partial charge in [0.25, 0.3) is 0 Å². The minimum absolute atomic E-state index is 0. The summed E-state index contributed by atoms with van der Waals surface area (Å²) >= 11 is 0. The molecule has 0 unspecified atom stereocenters. The van der Waals surface area contributed by atoms with Crippen molar-refractivity contribution in [2.24, 2.45) is 0 Å². The molecule has 0 rings (SSSR count). The Morgan fingerprint density at radius 1 is 0.351 bits per heavy atom. The molecule has 0 aliphatic rings. The van der Waals surface area contributed by atoms with E-state index < -0.39 is 23.9 Å². The Bertz CT molecular complexity index is 411. The molecule has 8 nitrogen and oxygen atoms in total. The first-order valence-electron chi connectivity index (χ1n) is 14.0. The quantitative estimate of drug-likeness (QED) is 0.101. The Balaban J connectivity index is -0.000000122. The second-order valence-corrected chi connectivity index (χ2v) is 8.82. The summed E-state index contributed by atoms with van der Waals surface area (Å²) in [5.41, 5.74) is 0. The van der Waals surface area contributed by atoms with Crippen LogP contribution < -0.4 is 0 Å². The first kappa shape index (κ1) is 45.7. The van der Waals surface area contributed by atoms with E-state index in [0.717, 1.165) is 77.0 Å². The molecule has 0 atom stereocenters. The Morgan fingerprint density at radius 2 is 0.514 bits per heavy atom. The summed E-state index contributed by atoms with van der Waals surface area (Å²) in [6, 6.07) is 0. The van der Waals surface area contributed by atoms with E-state index in [9.17, 15) is 19.2 Å². The summed E-state index contributed by atoms with van der Waals surface area (Å²) in [6.45, 7) is 8.45. The molecule has 0 fully saturated rings. The molecular weight excluding hydrogens is 556 g/mol. The zero-order chi connectivity index (χ0) is 28.5. The largest absolute Gasteiger partial charge is 0.481 e. The molecule has 37 heavy (non-hydrogen) atoms. The molecule has 0 aliphatic carbocycles. The van der Waals surface area contributed by atoms with Crippen LogP contribution in [0.2, 0.25) is 0 Å². The number of rotatable bonds is 20. The molecule has 0 saturated carbocycles. The number of carboxylic acids is 4. The standard InChI is InChI=1S/4C7H14O2.Zr/c4*1-2-3-4-5-6-7(8)9;/h4*2-6H2,1H3,(H,8,9);. The van der Waals surface area contributed by atoms with Gasteiger partial charge in [-0.05, 0) is 25.7 Å². The van der Waals surface area contributed by atoms with E-state index in [-0.39, 0.29) is 26.2 Å². The third-order valence-electron chi connectivity index (χ3n) is 4.98. The number of hydrogen-bond donors (Lipinski definition) is 4. The van der Waals surface area contributed by atoms with Crippen LogP contribution in [0, 0.1) is 0 Å². The van der Waals surface area contributed by atoms with Crippen molar-refractivity contribution in [1.29, 1.82) is 0 Å². The first-order valence-corrected chi connectivity index (χ1v) is 14.0. The number of aliphatic carboxylic acids is 4. The number of carboxylic acid groups (broad SMARTS) is 4. The maximum absolute atomic E-state index is 9.96. The van der Waals surface area contributed by atoms with Crippen LogP contribution in [-0.4, -0.2) is 44.3 Å². The van der Waals surface area contributed by atoms with Crippen molar-refractivity contribution in [2.75, 3.05) is 0 Å². The molecule has 0 heterocycles. The smallest absolute Gasteiger partial charge is 0.303 e. The molecule has 0 aliphatic heterocycles. The average Bonchev–Trinajstić information content (AvgIpc) is 2.81. The summed E-state index contributed by atoms with van der Waals surface area (Å²) in [5.74, 6) is -2.70. The van der Waals surface area contributed by atoms with E-state index >= 15 is 0 Å². The normalized spacial score (nSPS) is 9.19. The van der Waals surface area contributed by atoms with Crippen LogP contribution in [0.3, 0.4) is 0 Å². The maximum Gasteiger partial charge on any atom is 0.303 e. The molecule has 0 aromatic carbocycles. The number of unbranched alkanes of at least 4 members (excludes halogenated alkanes) is 12. The van der Waals surface area contributed by atoms with Gasteiger partial charge >= 0.3 is 23.9 Å². The minimum Gasteiger partial charge on any atom is -0.481 e. The molecule has 0 amide bonds. The summed E-state index contributed by atoms with van der Waals surface area (Å²) in [4.78, 5) is 39.8. The molecule has 0 bridgehead atoms. The molecule has 220 valence electrons. The fourth-order valence-electron chi connectivity index (χ4n) is 2.81. The van der Waals surface area contributed by atoms with E-state index in [1.54, 1.807) is 0 Å². The van der Waals surface area contributed by atoms with E-state index in [1.807, 2.05) is 0 Å². The molecule has 0 aromatic heterocycles. The molecule has 9 heteroatoms. The van der Waals surface area contributed by atoms with Crippen molar-refractivity contribution in [2.45, 2.75) is 156 Å². The molecule has 0 radical (unpaired) electrons. The molecular formula is C28H56O8Zr. The van der Waals surface area contributed by atoms with Gasteiger partial charge in [0.1, 0.15) is 0 Å². The van der Waals surface area contributed by atoms with Gasteiger partial charge in [-0.2, -0.15) is 0 Å². The van der Waals surface area contributed by atoms with Gasteiger partial charge in [-0.1, -0.05) is 105 Å². The van der Waals surface area contributed by atoms with Crippen LogP contribution in [0.5, 0.6) is 0 Å². The Labute approximate surface area is 245 Å². The molecule has 0 aromatic rings. The van der Waals surface area contributed by atoms with Crippen LogP contribution in [0.25, 0.3) is 0 Å². The van der Waals surface area contributed by atoms with Crippen molar-refractivity contribution in [3.8, 4) is 0 Å². The van der Waals surface area contributed by atoms with Crippen LogP contribution in [-0.2, 0) is 45.4 Å². The first-order chi connectivity index (χ1) is 17.1. The van der Waals surface area contributed by atoms with Crippen molar-refractivity contribution < 1.29 is 65.8 Å². The Kier molecular flexibility index (Phi) is 51.7. The Hall–Kier alpha value is -1.24. The van der Waals surface area contributed by atoms with E-state index in [1.165, 1.54) is 25.7 Å². The molecule has 0 spiro atoms. The number of hydrogen-bond acceptors (Lipinski definition) is 4. The minimum atomic E-state index is -0.675. The fraction of sp³-hybridized carbons (Fsp3) is 0.857. The van der Waals surface area contributed by atoms with Gasteiger partial charge in [-0.25, -0.2) is 0 Å². The van der Waals surface area contributed by atoms with Gasteiger partial charge < -0.3 is 20.4 Å². The predicted octanol–water partition coefficient (Wildman–Crippen LogP) is 8.16. The molecule has 0 saturated heterocycles. The summed E-state index contributed by atoms with van der Waals surface area (Å²) in [6.07, 6.45) is 18.2. The van der Waals surface area contributed by atoms with Gasteiger partial charge in [0.2, 0.25) is 0 Å². The third kappa shape index (κ3) is 72.0. The van der Waals surface area contributed by atoms with Crippen LogP contribution in [0.4, 0.5) is 0 Å². The SMILES string of the molecule is CCCCCCC(=O)O.CCCCCCC(=O)O.CCCCCCC(=O)O.CCCCCCC(=O)O.[Zr]. The third-order valence-corrected chi connectivity index (χ3v) is 4.98. The van der Waals surface area contributed by atoms with Crippen molar-refractivity contribution >= 4 is 23.9 Å². The topological polar surface area (TPSA) is 149 Å². The summed E-state index contributed by atoms with van der Waals surface area (Å²) in [7, 11) is 0. The van der Waals surface area contributed by atoms with Gasteiger partial charge in [0.15, 0.2) is 0 Å². The van der Waals surface area contributed by atoms with Crippen molar-refractivity contribution in [3.05, 3.63) is 0 Å². The fourth-order valence-corrected chi connectivity index (χ4v) is 2.81.